The van der Waals surface area contributed by atoms with E-state index in [0.29, 0.717) is 22.3 Å². The van der Waals surface area contributed by atoms with E-state index in [1.807, 2.05) is 19.1 Å². The summed E-state index contributed by atoms with van der Waals surface area (Å²) in [6.45, 7) is 1.91. The zero-order valence-corrected chi connectivity index (χ0v) is 15.0. The monoisotopic (exact) mass is 372 g/mol. The molecule has 6 nitrogen and oxygen atoms in total. The molecule has 0 saturated heterocycles. The summed E-state index contributed by atoms with van der Waals surface area (Å²) in [5.41, 5.74) is 6.61. The third-order valence-electron chi connectivity index (χ3n) is 4.44. The van der Waals surface area contributed by atoms with E-state index >= 15 is 0 Å². The Morgan fingerprint density at radius 3 is 2.50 bits per heavy atom. The fourth-order valence-electron chi connectivity index (χ4n) is 3.00. The van der Waals surface area contributed by atoms with Gasteiger partial charge < -0.3 is 14.9 Å². The predicted octanol–water partition coefficient (Wildman–Crippen LogP) is 3.76. The number of carbonyl (C=O) groups excluding carboxylic acids is 1. The Morgan fingerprint density at radius 1 is 0.964 bits per heavy atom. The highest BCUT2D eigenvalue weighted by Crippen LogP contribution is 2.23. The SMILES string of the molecule is Cc1ccc2oc(=O)c(C(=O)Oc3ccc4cc(C(=N)N)ccc4c3)cc2c1. The maximum atomic E-state index is 12.5. The molecule has 28 heavy (non-hydrogen) atoms. The molecule has 0 unspecified atom stereocenters. The van der Waals surface area contributed by atoms with Gasteiger partial charge in [0.15, 0.2) is 0 Å². The van der Waals surface area contributed by atoms with Crippen LogP contribution in [-0.4, -0.2) is 11.8 Å². The second-order valence-electron chi connectivity index (χ2n) is 6.52. The van der Waals surface area contributed by atoms with Crippen LogP contribution in [0.3, 0.4) is 0 Å². The first-order valence-corrected chi connectivity index (χ1v) is 8.55. The van der Waals surface area contributed by atoms with Gasteiger partial charge in [0.1, 0.15) is 22.7 Å². The van der Waals surface area contributed by atoms with Gasteiger partial charge in [-0.2, -0.15) is 0 Å². The third kappa shape index (κ3) is 3.23. The second kappa shape index (κ2) is 6.66. The number of nitrogen functional groups attached to an aromatic ring is 1. The van der Waals surface area contributed by atoms with Crippen LogP contribution in [0.4, 0.5) is 0 Å². The quantitative estimate of drug-likeness (QED) is 0.187. The van der Waals surface area contributed by atoms with Crippen LogP contribution < -0.4 is 16.1 Å². The highest BCUT2D eigenvalue weighted by molar-refractivity contribution is 5.99. The Kier molecular flexibility index (Phi) is 4.16. The molecular weight excluding hydrogens is 356 g/mol. The number of ether oxygens (including phenoxy) is 1. The van der Waals surface area contributed by atoms with E-state index in [0.717, 1.165) is 16.3 Å². The first-order valence-electron chi connectivity index (χ1n) is 8.55. The molecule has 4 aromatic rings. The van der Waals surface area contributed by atoms with E-state index in [9.17, 15) is 9.59 Å². The Bertz CT molecular complexity index is 1320. The van der Waals surface area contributed by atoms with Gasteiger partial charge in [-0.25, -0.2) is 9.59 Å². The summed E-state index contributed by atoms with van der Waals surface area (Å²) in [5, 5.41) is 9.83. The topological polar surface area (TPSA) is 106 Å². The van der Waals surface area contributed by atoms with Crippen LogP contribution in [-0.2, 0) is 0 Å². The molecule has 0 aliphatic carbocycles. The van der Waals surface area contributed by atoms with Crippen LogP contribution in [0.25, 0.3) is 21.7 Å². The molecule has 3 aromatic carbocycles. The molecule has 0 fully saturated rings. The standard InChI is InChI=1S/C22H16N2O4/c1-12-2-7-19-16(8-12)11-18(22(26)28-19)21(25)27-17-6-5-13-9-15(20(23)24)4-3-14(13)10-17/h2-11H,1H3,(H3,23,24). The van der Waals surface area contributed by atoms with Crippen LogP contribution in [0.15, 0.2) is 69.9 Å². The van der Waals surface area contributed by atoms with Crippen LogP contribution >= 0.6 is 0 Å². The van der Waals surface area contributed by atoms with Crippen molar-refractivity contribution in [1.82, 2.24) is 0 Å². The van der Waals surface area contributed by atoms with Crippen molar-refractivity contribution < 1.29 is 13.9 Å². The summed E-state index contributed by atoms with van der Waals surface area (Å²) in [4.78, 5) is 24.7. The predicted molar refractivity (Wildman–Crippen MR) is 107 cm³/mol. The van der Waals surface area contributed by atoms with Gasteiger partial charge in [-0.15, -0.1) is 0 Å². The van der Waals surface area contributed by atoms with Crippen molar-refractivity contribution in [3.63, 3.8) is 0 Å². The molecule has 0 aliphatic heterocycles. The molecule has 0 saturated carbocycles. The van der Waals surface area contributed by atoms with Crippen LogP contribution in [0.5, 0.6) is 5.75 Å². The molecule has 3 N–H and O–H groups in total. The molecule has 0 atom stereocenters. The lowest BCUT2D eigenvalue weighted by Gasteiger charge is -2.07. The first-order chi connectivity index (χ1) is 13.4. The van der Waals surface area contributed by atoms with Gasteiger partial charge in [0.05, 0.1) is 0 Å². The molecular formula is C22H16N2O4. The molecule has 138 valence electrons. The van der Waals surface area contributed by atoms with Crippen molar-refractivity contribution in [2.45, 2.75) is 6.92 Å². The van der Waals surface area contributed by atoms with E-state index in [1.165, 1.54) is 6.07 Å². The van der Waals surface area contributed by atoms with Crippen molar-refractivity contribution in [2.24, 2.45) is 5.73 Å². The summed E-state index contributed by atoms with van der Waals surface area (Å²) in [5.74, 6) is -0.496. The van der Waals surface area contributed by atoms with Crippen molar-refractivity contribution >= 4 is 33.5 Å². The maximum Gasteiger partial charge on any atom is 0.351 e. The van der Waals surface area contributed by atoms with E-state index in [-0.39, 0.29) is 11.4 Å². The van der Waals surface area contributed by atoms with Gasteiger partial charge in [0.25, 0.3) is 0 Å². The minimum Gasteiger partial charge on any atom is -0.423 e. The number of hydrogen-bond donors (Lipinski definition) is 2. The Labute approximate surface area is 159 Å². The fraction of sp³-hybridized carbons (Fsp3) is 0.0455. The lowest BCUT2D eigenvalue weighted by molar-refractivity contribution is 0.0731. The van der Waals surface area contributed by atoms with E-state index < -0.39 is 11.6 Å². The van der Waals surface area contributed by atoms with Crippen molar-refractivity contribution in [1.29, 1.82) is 5.41 Å². The first kappa shape index (κ1) is 17.5. The number of rotatable bonds is 3. The van der Waals surface area contributed by atoms with Crippen molar-refractivity contribution in [2.75, 3.05) is 0 Å². The van der Waals surface area contributed by atoms with Gasteiger partial charge in [-0.05, 0) is 54.1 Å². The van der Waals surface area contributed by atoms with Crippen molar-refractivity contribution in [3.8, 4) is 5.75 Å². The van der Waals surface area contributed by atoms with Gasteiger partial charge in [-0.1, -0.05) is 29.8 Å². The zero-order valence-electron chi connectivity index (χ0n) is 15.0. The summed E-state index contributed by atoms with van der Waals surface area (Å²) >= 11 is 0. The lowest BCUT2D eigenvalue weighted by Crippen LogP contribution is -2.18. The molecule has 0 bridgehead atoms. The molecule has 1 aromatic heterocycles. The smallest absolute Gasteiger partial charge is 0.351 e. The number of fused-ring (bicyclic) bond motifs is 2. The van der Waals surface area contributed by atoms with Gasteiger partial charge in [0, 0.05) is 10.9 Å². The number of nitrogens with two attached hydrogens (primary N) is 1. The minimum absolute atomic E-state index is 0.0179. The molecule has 0 aliphatic rings. The van der Waals surface area contributed by atoms with Crippen LogP contribution in [0.2, 0.25) is 0 Å². The number of benzene rings is 3. The lowest BCUT2D eigenvalue weighted by atomic mass is 10.1. The highest BCUT2D eigenvalue weighted by Gasteiger charge is 2.16. The molecule has 6 heteroatoms. The van der Waals surface area contributed by atoms with Gasteiger partial charge in [0.2, 0.25) is 0 Å². The van der Waals surface area contributed by atoms with E-state index in [1.54, 1.807) is 42.5 Å². The Balaban J connectivity index is 1.67. The number of carbonyl (C=O) groups is 1. The highest BCUT2D eigenvalue weighted by atomic mass is 16.5. The Hall–Kier alpha value is -3.93. The normalized spacial score (nSPS) is 10.9. The third-order valence-corrected chi connectivity index (χ3v) is 4.44. The fourth-order valence-corrected chi connectivity index (χ4v) is 3.00. The zero-order chi connectivity index (χ0) is 19.8. The minimum atomic E-state index is -0.781. The molecule has 4 rings (SSSR count). The maximum absolute atomic E-state index is 12.5. The average molecular weight is 372 g/mol. The van der Waals surface area contributed by atoms with Crippen LogP contribution in [0.1, 0.15) is 21.5 Å². The van der Waals surface area contributed by atoms with Gasteiger partial charge in [-0.3, -0.25) is 5.41 Å². The number of aryl methyl sites for hydroxylation is 1. The summed E-state index contributed by atoms with van der Waals surface area (Å²) in [7, 11) is 0. The number of nitrogens with one attached hydrogen (secondary N) is 1. The van der Waals surface area contributed by atoms with Crippen LogP contribution in [0, 0.1) is 12.3 Å². The summed E-state index contributed by atoms with van der Waals surface area (Å²) in [6, 6.07) is 17.2. The van der Waals surface area contributed by atoms with Crippen molar-refractivity contribution in [3.05, 3.63) is 87.8 Å². The van der Waals surface area contributed by atoms with E-state index in [4.69, 9.17) is 20.3 Å². The number of esters is 1. The summed E-state index contributed by atoms with van der Waals surface area (Å²) in [6.07, 6.45) is 0. The Morgan fingerprint density at radius 2 is 1.71 bits per heavy atom. The van der Waals surface area contributed by atoms with E-state index in [2.05, 4.69) is 0 Å². The molecule has 0 radical (unpaired) electrons. The second-order valence-corrected chi connectivity index (χ2v) is 6.52. The largest absolute Gasteiger partial charge is 0.423 e. The molecule has 1 heterocycles. The molecule has 0 spiro atoms. The number of amidine groups is 1. The molecule has 0 amide bonds. The van der Waals surface area contributed by atoms with Gasteiger partial charge >= 0.3 is 11.6 Å². The number of hydrogen-bond acceptors (Lipinski definition) is 5. The average Bonchev–Trinajstić information content (AvgIpc) is 2.67. The summed E-state index contributed by atoms with van der Waals surface area (Å²) < 4.78 is 10.6.